The average molecular weight is 313 g/mol. The molecule has 1 aliphatic rings. The molecule has 2 unspecified atom stereocenters. The number of aliphatic carboxylic acids is 1. The monoisotopic (exact) mass is 312 g/mol. The van der Waals surface area contributed by atoms with Crippen molar-refractivity contribution in [2.24, 2.45) is 5.92 Å². The molecule has 0 aromatic heterocycles. The molecule has 1 rings (SSSR count). The Morgan fingerprint density at radius 1 is 1.48 bits per heavy atom. The largest absolute Gasteiger partial charge is 0.478 e. The number of halogens is 1. The van der Waals surface area contributed by atoms with Gasteiger partial charge in [-0.2, -0.15) is 0 Å². The predicted octanol–water partition coefficient (Wildman–Crippen LogP) is 4.07. The fourth-order valence-corrected chi connectivity index (χ4v) is 2.46. The van der Waals surface area contributed by atoms with E-state index in [-0.39, 0.29) is 5.57 Å². The zero-order valence-electron chi connectivity index (χ0n) is 13.0. The zero-order chi connectivity index (χ0) is 16.0. The van der Waals surface area contributed by atoms with Gasteiger partial charge in [-0.1, -0.05) is 51.0 Å². The molecule has 0 aromatic carbocycles. The fraction of sp³-hybridized carbons (Fsp3) is 0.588. The highest BCUT2D eigenvalue weighted by molar-refractivity contribution is 6.26. The normalized spacial score (nSPS) is 26.1. The molecule has 21 heavy (non-hydrogen) atoms. The van der Waals surface area contributed by atoms with Crippen LogP contribution < -0.4 is 0 Å². The molecule has 0 aromatic rings. The lowest BCUT2D eigenvalue weighted by Gasteiger charge is -2.29. The first-order chi connectivity index (χ1) is 9.75. The molecule has 0 aliphatic heterocycles. The highest BCUT2D eigenvalue weighted by atomic mass is 35.5. The topological polar surface area (TPSA) is 57.5 Å². The molecule has 0 radical (unpaired) electrons. The SMILES string of the molecule is CC(C)CCCCC=CC1=C(C(=O)O)C(O)C(C)(Cl)C=C1. The minimum Gasteiger partial charge on any atom is -0.478 e. The number of unbranched alkanes of at least 4 members (excludes halogenated alkanes) is 2. The van der Waals surface area contributed by atoms with Gasteiger partial charge in [0.15, 0.2) is 0 Å². The summed E-state index contributed by atoms with van der Waals surface area (Å²) in [7, 11) is 0. The number of carboxylic acids is 1. The Bertz CT molecular complexity index is 459. The number of allylic oxidation sites excluding steroid dienone is 4. The first-order valence-corrected chi connectivity index (χ1v) is 7.83. The Hall–Kier alpha value is -1.06. The molecule has 0 spiro atoms. The lowest BCUT2D eigenvalue weighted by Crippen LogP contribution is -2.38. The number of aliphatic hydroxyl groups is 1. The second kappa shape index (κ2) is 7.81. The molecule has 0 bridgehead atoms. The molecule has 118 valence electrons. The summed E-state index contributed by atoms with van der Waals surface area (Å²) in [6.45, 7) is 6.01. The van der Waals surface area contributed by atoms with E-state index in [0.29, 0.717) is 11.5 Å². The molecule has 2 atom stereocenters. The van der Waals surface area contributed by atoms with Crippen molar-refractivity contribution in [2.75, 3.05) is 0 Å². The van der Waals surface area contributed by atoms with Crippen molar-refractivity contribution in [1.82, 2.24) is 0 Å². The molecular weight excluding hydrogens is 288 g/mol. The van der Waals surface area contributed by atoms with Crippen LogP contribution in [0.2, 0.25) is 0 Å². The van der Waals surface area contributed by atoms with Gasteiger partial charge in [0.1, 0.15) is 6.10 Å². The van der Waals surface area contributed by atoms with Gasteiger partial charge in [-0.05, 0) is 31.3 Å². The summed E-state index contributed by atoms with van der Waals surface area (Å²) < 4.78 is 0. The number of hydrogen-bond acceptors (Lipinski definition) is 2. The minimum absolute atomic E-state index is 0.0339. The Morgan fingerprint density at radius 3 is 2.71 bits per heavy atom. The van der Waals surface area contributed by atoms with E-state index in [2.05, 4.69) is 13.8 Å². The predicted molar refractivity (Wildman–Crippen MR) is 86.5 cm³/mol. The third kappa shape index (κ3) is 5.33. The standard InChI is InChI=1S/C17H25ClO3/c1-12(2)8-6-4-5-7-9-13-10-11-17(3,18)15(19)14(13)16(20)21/h7,9-12,15,19H,4-6,8H2,1-3H3,(H,20,21). The van der Waals surface area contributed by atoms with E-state index >= 15 is 0 Å². The molecule has 0 amide bonds. The van der Waals surface area contributed by atoms with Crippen molar-refractivity contribution in [3.05, 3.63) is 35.5 Å². The third-order valence-electron chi connectivity index (χ3n) is 3.64. The maximum atomic E-state index is 11.3. The Balaban J connectivity index is 2.69. The van der Waals surface area contributed by atoms with Gasteiger partial charge in [0.05, 0.1) is 10.4 Å². The summed E-state index contributed by atoms with van der Waals surface area (Å²) in [4.78, 5) is 10.3. The van der Waals surface area contributed by atoms with E-state index < -0.39 is 16.9 Å². The van der Waals surface area contributed by atoms with E-state index in [1.165, 1.54) is 12.8 Å². The smallest absolute Gasteiger partial charge is 0.334 e. The van der Waals surface area contributed by atoms with E-state index in [1.54, 1.807) is 25.2 Å². The average Bonchev–Trinajstić information content (AvgIpc) is 2.37. The minimum atomic E-state index is -1.21. The highest BCUT2D eigenvalue weighted by Gasteiger charge is 2.37. The Morgan fingerprint density at radius 2 is 2.14 bits per heavy atom. The summed E-state index contributed by atoms with van der Waals surface area (Å²) >= 11 is 6.10. The number of carboxylic acid groups (broad SMARTS) is 1. The molecule has 0 fully saturated rings. The molecule has 1 aliphatic carbocycles. The van der Waals surface area contributed by atoms with E-state index in [1.807, 2.05) is 6.08 Å². The highest BCUT2D eigenvalue weighted by Crippen LogP contribution is 2.33. The van der Waals surface area contributed by atoms with Crippen LogP contribution in [0.1, 0.15) is 46.5 Å². The van der Waals surface area contributed by atoms with Crippen LogP contribution in [-0.2, 0) is 4.79 Å². The lowest BCUT2D eigenvalue weighted by atomic mass is 9.87. The van der Waals surface area contributed by atoms with Crippen molar-refractivity contribution >= 4 is 17.6 Å². The first kappa shape index (κ1) is 18.0. The van der Waals surface area contributed by atoms with Crippen LogP contribution in [-0.4, -0.2) is 27.2 Å². The Kier molecular flexibility index (Phi) is 6.69. The number of hydrogen-bond donors (Lipinski definition) is 2. The third-order valence-corrected chi connectivity index (χ3v) is 3.97. The summed E-state index contributed by atoms with van der Waals surface area (Å²) in [5, 5.41) is 19.4. The van der Waals surface area contributed by atoms with Crippen LogP contribution >= 0.6 is 11.6 Å². The summed E-state index contributed by atoms with van der Waals surface area (Å²) in [6.07, 6.45) is 10.2. The van der Waals surface area contributed by atoms with E-state index in [9.17, 15) is 15.0 Å². The summed E-state index contributed by atoms with van der Waals surface area (Å²) in [5.41, 5.74) is 0.491. The van der Waals surface area contributed by atoms with E-state index in [0.717, 1.165) is 12.8 Å². The maximum absolute atomic E-state index is 11.3. The van der Waals surface area contributed by atoms with Crippen molar-refractivity contribution in [3.63, 3.8) is 0 Å². The van der Waals surface area contributed by atoms with Crippen molar-refractivity contribution in [3.8, 4) is 0 Å². The van der Waals surface area contributed by atoms with Gasteiger partial charge in [-0.25, -0.2) is 4.79 Å². The van der Waals surface area contributed by atoms with Crippen molar-refractivity contribution in [1.29, 1.82) is 0 Å². The number of rotatable bonds is 7. The van der Waals surface area contributed by atoms with Crippen LogP contribution in [0.15, 0.2) is 35.5 Å². The molecular formula is C17H25ClO3. The fourth-order valence-electron chi connectivity index (χ4n) is 2.28. The second-order valence-corrected chi connectivity index (χ2v) is 6.96. The van der Waals surface area contributed by atoms with Crippen LogP contribution in [0.4, 0.5) is 0 Å². The molecule has 0 saturated heterocycles. The van der Waals surface area contributed by atoms with Gasteiger partial charge >= 0.3 is 5.97 Å². The summed E-state index contributed by atoms with van der Waals surface area (Å²) in [5.74, 6) is -0.411. The quantitative estimate of drug-likeness (QED) is 0.550. The van der Waals surface area contributed by atoms with Crippen molar-refractivity contribution < 1.29 is 15.0 Å². The Labute approximate surface area is 132 Å². The van der Waals surface area contributed by atoms with Crippen LogP contribution in [0, 0.1) is 5.92 Å². The lowest BCUT2D eigenvalue weighted by molar-refractivity contribution is -0.134. The van der Waals surface area contributed by atoms with Crippen LogP contribution in [0.5, 0.6) is 0 Å². The summed E-state index contributed by atoms with van der Waals surface area (Å²) in [6, 6.07) is 0. The first-order valence-electron chi connectivity index (χ1n) is 7.46. The second-order valence-electron chi connectivity index (χ2n) is 6.14. The van der Waals surface area contributed by atoms with Crippen molar-refractivity contribution in [2.45, 2.75) is 57.4 Å². The van der Waals surface area contributed by atoms with Gasteiger partial charge in [-0.3, -0.25) is 0 Å². The molecule has 0 heterocycles. The molecule has 2 N–H and O–H groups in total. The number of carbonyl (C=O) groups is 1. The van der Waals surface area contributed by atoms with Crippen LogP contribution in [0.3, 0.4) is 0 Å². The molecule has 0 saturated carbocycles. The van der Waals surface area contributed by atoms with Gasteiger partial charge in [-0.15, -0.1) is 11.6 Å². The van der Waals surface area contributed by atoms with E-state index in [4.69, 9.17) is 11.6 Å². The van der Waals surface area contributed by atoms with Crippen LogP contribution in [0.25, 0.3) is 0 Å². The van der Waals surface area contributed by atoms with Gasteiger partial charge in [0.2, 0.25) is 0 Å². The number of aliphatic hydroxyl groups excluding tert-OH is 1. The van der Waals surface area contributed by atoms with Gasteiger partial charge in [0, 0.05) is 0 Å². The maximum Gasteiger partial charge on any atom is 0.334 e. The zero-order valence-corrected chi connectivity index (χ0v) is 13.7. The molecule has 4 heteroatoms. The molecule has 3 nitrogen and oxygen atoms in total. The van der Waals surface area contributed by atoms with Gasteiger partial charge in [0.25, 0.3) is 0 Å². The van der Waals surface area contributed by atoms with Gasteiger partial charge < -0.3 is 10.2 Å². The number of alkyl halides is 1.